The van der Waals surface area contributed by atoms with Crippen LogP contribution >= 0.6 is 0 Å². The molecule has 27 heavy (non-hydrogen) atoms. The Labute approximate surface area is 157 Å². The van der Waals surface area contributed by atoms with Crippen LogP contribution in [0.4, 0.5) is 5.69 Å². The molecule has 3 rings (SSSR count). The van der Waals surface area contributed by atoms with Crippen molar-refractivity contribution < 1.29 is 17.9 Å². The van der Waals surface area contributed by atoms with E-state index in [2.05, 4.69) is 9.62 Å². The molecule has 0 bridgehead atoms. The van der Waals surface area contributed by atoms with Crippen molar-refractivity contribution in [2.75, 3.05) is 38.8 Å². The maximum atomic E-state index is 12.5. The number of pyridine rings is 1. The first-order valence-electron chi connectivity index (χ1n) is 8.51. The van der Waals surface area contributed by atoms with Gasteiger partial charge in [-0.15, -0.1) is 0 Å². The maximum Gasteiger partial charge on any atom is 0.274 e. The summed E-state index contributed by atoms with van der Waals surface area (Å²) in [5.74, 6) is 1.43. The number of nitrogens with zero attached hydrogens (tertiary/aromatic N) is 2. The first-order valence-corrected chi connectivity index (χ1v) is 10.1. The van der Waals surface area contributed by atoms with Crippen LogP contribution in [-0.4, -0.2) is 46.8 Å². The molecule has 9 nitrogen and oxygen atoms in total. The van der Waals surface area contributed by atoms with Crippen molar-refractivity contribution in [2.45, 2.75) is 6.42 Å². The Morgan fingerprint density at radius 1 is 1.19 bits per heavy atom. The van der Waals surface area contributed by atoms with Crippen molar-refractivity contribution in [3.63, 3.8) is 0 Å². The summed E-state index contributed by atoms with van der Waals surface area (Å²) in [7, 11) is 1.16. The first kappa shape index (κ1) is 19.5. The zero-order valence-electron chi connectivity index (χ0n) is 15.6. The quantitative estimate of drug-likeness (QED) is 0.690. The summed E-state index contributed by atoms with van der Waals surface area (Å²) in [6.07, 6.45) is 2.52. The number of fused-ring (bicyclic) bond motifs is 1. The van der Waals surface area contributed by atoms with Crippen molar-refractivity contribution >= 4 is 26.7 Å². The molecule has 2 aromatic rings. The van der Waals surface area contributed by atoms with Gasteiger partial charge in [-0.25, -0.2) is 9.86 Å². The van der Waals surface area contributed by atoms with Gasteiger partial charge in [0.25, 0.3) is 15.8 Å². The van der Waals surface area contributed by atoms with E-state index in [4.69, 9.17) is 14.6 Å². The van der Waals surface area contributed by atoms with Crippen molar-refractivity contribution in [3.8, 4) is 11.5 Å². The second-order valence-electron chi connectivity index (χ2n) is 6.68. The van der Waals surface area contributed by atoms with Crippen molar-refractivity contribution in [1.82, 2.24) is 9.29 Å². The fourth-order valence-corrected chi connectivity index (χ4v) is 3.78. The molecule has 1 aromatic carbocycles. The lowest BCUT2D eigenvalue weighted by Crippen LogP contribution is -2.48. The second-order valence-corrected chi connectivity index (χ2v) is 8.06. The summed E-state index contributed by atoms with van der Waals surface area (Å²) in [5.41, 5.74) is 0.827. The topological polar surface area (TPSA) is 116 Å². The van der Waals surface area contributed by atoms with Crippen LogP contribution in [-0.2, 0) is 17.3 Å². The maximum absolute atomic E-state index is 12.5. The zero-order chi connectivity index (χ0) is 19.8. The number of benzene rings is 1. The number of nitrogens with two attached hydrogens (primary N) is 1. The SMILES string of the molecule is COc1cc2c(N3CC(CCNS(N)(=O)=O)C3)cn(C)c(=O)c2cc1OC. The van der Waals surface area contributed by atoms with Crippen LogP contribution in [0.2, 0.25) is 0 Å². The number of ether oxygens (including phenoxy) is 2. The number of anilines is 1. The average Bonchev–Trinajstić information content (AvgIpc) is 2.58. The Hall–Kier alpha value is -2.30. The van der Waals surface area contributed by atoms with Crippen molar-refractivity contribution in [1.29, 1.82) is 0 Å². The van der Waals surface area contributed by atoms with Gasteiger partial charge in [-0.3, -0.25) is 4.79 Å². The minimum absolute atomic E-state index is 0.107. The van der Waals surface area contributed by atoms with E-state index in [0.29, 0.717) is 35.8 Å². The smallest absolute Gasteiger partial charge is 0.274 e. The molecular weight excluding hydrogens is 372 g/mol. The molecule has 1 aromatic heterocycles. The summed E-state index contributed by atoms with van der Waals surface area (Å²) in [5, 5.41) is 6.30. The molecule has 1 fully saturated rings. The lowest BCUT2D eigenvalue weighted by atomic mass is 9.95. The number of rotatable bonds is 7. The van der Waals surface area contributed by atoms with Crippen LogP contribution in [0.1, 0.15) is 6.42 Å². The Balaban J connectivity index is 1.85. The van der Waals surface area contributed by atoms with Gasteiger partial charge in [-0.2, -0.15) is 8.42 Å². The monoisotopic (exact) mass is 396 g/mol. The highest BCUT2D eigenvalue weighted by molar-refractivity contribution is 7.87. The van der Waals surface area contributed by atoms with E-state index >= 15 is 0 Å². The van der Waals surface area contributed by atoms with E-state index in [0.717, 1.165) is 24.2 Å². The zero-order valence-corrected chi connectivity index (χ0v) is 16.4. The van der Waals surface area contributed by atoms with Gasteiger partial charge >= 0.3 is 0 Å². The first-order chi connectivity index (χ1) is 12.7. The number of nitrogens with one attached hydrogen (secondary N) is 1. The van der Waals surface area contributed by atoms with Gasteiger partial charge in [-0.1, -0.05) is 0 Å². The summed E-state index contributed by atoms with van der Waals surface area (Å²) in [4.78, 5) is 14.7. The Bertz CT molecular complexity index is 1010. The largest absolute Gasteiger partial charge is 0.493 e. The van der Waals surface area contributed by atoms with Gasteiger partial charge in [0.2, 0.25) is 0 Å². The van der Waals surface area contributed by atoms with E-state index in [9.17, 15) is 13.2 Å². The van der Waals surface area contributed by atoms with Crippen molar-refractivity contribution in [2.24, 2.45) is 18.1 Å². The van der Waals surface area contributed by atoms with Gasteiger partial charge < -0.3 is 18.9 Å². The van der Waals surface area contributed by atoms with Crippen LogP contribution in [0.3, 0.4) is 0 Å². The molecule has 3 N–H and O–H groups in total. The fraction of sp³-hybridized carbons (Fsp3) is 0.471. The minimum atomic E-state index is -3.65. The lowest BCUT2D eigenvalue weighted by Gasteiger charge is -2.41. The molecule has 2 heterocycles. The third kappa shape index (κ3) is 4.02. The molecule has 0 aliphatic carbocycles. The second kappa shape index (κ2) is 7.37. The highest BCUT2D eigenvalue weighted by Crippen LogP contribution is 2.37. The van der Waals surface area contributed by atoms with Gasteiger partial charge in [0.1, 0.15) is 0 Å². The van der Waals surface area contributed by atoms with Crippen molar-refractivity contribution in [3.05, 3.63) is 28.7 Å². The molecule has 0 amide bonds. The molecule has 10 heteroatoms. The number of methoxy groups -OCH3 is 2. The van der Waals surface area contributed by atoms with Gasteiger partial charge in [0, 0.05) is 38.3 Å². The predicted molar refractivity (Wildman–Crippen MR) is 104 cm³/mol. The van der Waals surface area contributed by atoms with Gasteiger partial charge in [0.15, 0.2) is 11.5 Å². The number of hydrogen-bond donors (Lipinski definition) is 2. The third-order valence-corrected chi connectivity index (χ3v) is 5.43. The minimum Gasteiger partial charge on any atom is -0.493 e. The molecule has 0 saturated carbocycles. The molecular formula is C17H24N4O5S. The molecule has 1 aliphatic heterocycles. The standard InChI is InChI=1S/C17H24N4O5S/c1-20-10-14(21-8-11(9-21)4-5-19-27(18,23)24)12-6-15(25-2)16(26-3)7-13(12)17(20)22/h6-7,10-11,19H,4-5,8-9H2,1-3H3,(H2,18,23,24). The van der Waals surface area contributed by atoms with E-state index < -0.39 is 10.2 Å². The summed E-state index contributed by atoms with van der Waals surface area (Å²) in [6, 6.07) is 3.52. The Morgan fingerprint density at radius 2 is 1.78 bits per heavy atom. The Morgan fingerprint density at radius 3 is 2.33 bits per heavy atom. The highest BCUT2D eigenvalue weighted by Gasteiger charge is 2.29. The van der Waals surface area contributed by atoms with Gasteiger partial charge in [-0.05, 0) is 24.5 Å². The lowest BCUT2D eigenvalue weighted by molar-refractivity contribution is 0.355. The molecule has 148 valence electrons. The van der Waals surface area contributed by atoms with Crippen LogP contribution in [0.25, 0.3) is 10.8 Å². The fourth-order valence-electron chi connectivity index (χ4n) is 3.38. The summed E-state index contributed by atoms with van der Waals surface area (Å²) >= 11 is 0. The molecule has 0 spiro atoms. The summed E-state index contributed by atoms with van der Waals surface area (Å²) < 4.78 is 36.4. The molecule has 0 radical (unpaired) electrons. The van der Waals surface area contributed by atoms with E-state index in [1.54, 1.807) is 24.8 Å². The molecule has 1 aliphatic rings. The van der Waals surface area contributed by atoms with Crippen LogP contribution in [0.5, 0.6) is 11.5 Å². The predicted octanol–water partition coefficient (Wildman–Crippen LogP) is 0.175. The number of aromatic nitrogens is 1. The van der Waals surface area contributed by atoms with Crippen LogP contribution in [0, 0.1) is 5.92 Å². The molecule has 1 saturated heterocycles. The van der Waals surface area contributed by atoms with Gasteiger partial charge in [0.05, 0.1) is 25.3 Å². The number of hydrogen-bond acceptors (Lipinski definition) is 6. The van der Waals surface area contributed by atoms with E-state index in [-0.39, 0.29) is 5.56 Å². The average molecular weight is 396 g/mol. The molecule has 0 atom stereocenters. The van der Waals surface area contributed by atoms with E-state index in [1.165, 1.54) is 7.11 Å². The van der Waals surface area contributed by atoms with Crippen LogP contribution in [0.15, 0.2) is 23.1 Å². The third-order valence-electron chi connectivity index (χ3n) is 4.82. The van der Waals surface area contributed by atoms with Crippen LogP contribution < -0.4 is 29.8 Å². The van der Waals surface area contributed by atoms with E-state index in [1.807, 2.05) is 12.3 Å². The number of aryl methyl sites for hydroxylation is 1. The normalized spacial score (nSPS) is 15.0. The summed E-state index contributed by atoms with van der Waals surface area (Å²) in [6.45, 7) is 1.86. The Kier molecular flexibility index (Phi) is 5.31. The highest BCUT2D eigenvalue weighted by atomic mass is 32.2. The molecule has 0 unspecified atom stereocenters.